The first kappa shape index (κ1) is 51.1. The molecule has 6 atom stereocenters. The predicted octanol–water partition coefficient (Wildman–Crippen LogP) is 6.99. The minimum Gasteiger partial charge on any atom is -0.457 e. The maximum Gasteiger partial charge on any atom is 0.247 e. The van der Waals surface area contributed by atoms with Crippen LogP contribution in [0.15, 0.2) is 72.9 Å². The summed E-state index contributed by atoms with van der Waals surface area (Å²) in [4.78, 5) is 81.3. The van der Waals surface area contributed by atoms with Gasteiger partial charge in [0, 0.05) is 93.1 Å². The standard InChI is InChI=1S/C51H65Cl2N7O7/c1-31-21-45(61)42(24-36-13-18-38(53)25-46(36)67-41-19-14-35(15-20-41)44-28-54-47(60(44)7)29-57(3)4)32(2)49(63)56-43(30-66-8)51(65)58(5)39(22-34-11-16-37(52)17-12-34)26-48(62)55-27-40(23-33-9-10-33)59(6)50(31)64/h11-20,25,28,31-33,39-40,42-43H,9-10,21-24,26-27,29-30H2,1-8H3,(H,55,62)(H,56,63)/t31-,32-,39?,40+,42?,43+/m1/s1. The third-order valence-electron chi connectivity index (χ3n) is 13.1. The number of amides is 4. The number of hydrogen-bond donors (Lipinski definition) is 2. The molecule has 16 heteroatoms. The Balaban J connectivity index is 1.31. The van der Waals surface area contributed by atoms with Crippen LogP contribution in [0.5, 0.6) is 11.5 Å². The first-order valence-electron chi connectivity index (χ1n) is 23.0. The maximum atomic E-state index is 14.7. The van der Waals surface area contributed by atoms with E-state index in [-0.39, 0.29) is 56.1 Å². The molecule has 1 aliphatic heterocycles. The van der Waals surface area contributed by atoms with Gasteiger partial charge in [-0.05, 0) is 98.9 Å². The molecular formula is C51H65Cl2N7O7. The lowest BCUT2D eigenvalue weighted by molar-refractivity contribution is -0.143. The van der Waals surface area contributed by atoms with E-state index in [0.29, 0.717) is 52.4 Å². The summed E-state index contributed by atoms with van der Waals surface area (Å²) in [6.45, 7) is 4.14. The van der Waals surface area contributed by atoms with Crippen LogP contribution in [-0.4, -0.2) is 120 Å². The Morgan fingerprint density at radius 1 is 0.821 bits per heavy atom. The number of halogens is 2. The first-order chi connectivity index (χ1) is 31.9. The lowest BCUT2D eigenvalue weighted by atomic mass is 9.80. The number of carbonyl (C=O) groups excluding carboxylic acids is 5. The topological polar surface area (TPSA) is 155 Å². The number of ketones is 1. The van der Waals surface area contributed by atoms with E-state index < -0.39 is 41.7 Å². The fraction of sp³-hybridized carbons (Fsp3) is 0.490. The molecular weight excluding hydrogens is 894 g/mol. The summed E-state index contributed by atoms with van der Waals surface area (Å²) in [5.41, 5.74) is 3.39. The Morgan fingerprint density at radius 2 is 1.49 bits per heavy atom. The van der Waals surface area contributed by atoms with E-state index in [1.54, 1.807) is 63.2 Å². The molecule has 6 rings (SSSR count). The molecule has 1 aliphatic carbocycles. The number of imidazole rings is 1. The van der Waals surface area contributed by atoms with Gasteiger partial charge in [0.05, 0.1) is 25.0 Å². The summed E-state index contributed by atoms with van der Waals surface area (Å²) >= 11 is 12.8. The van der Waals surface area contributed by atoms with Gasteiger partial charge in [0.1, 0.15) is 29.1 Å². The molecule has 0 bridgehead atoms. The highest BCUT2D eigenvalue weighted by Crippen LogP contribution is 2.36. The minimum absolute atomic E-state index is 0.0341. The van der Waals surface area contributed by atoms with Gasteiger partial charge in [-0.3, -0.25) is 24.0 Å². The van der Waals surface area contributed by atoms with Crippen molar-refractivity contribution in [2.45, 2.75) is 83.5 Å². The molecule has 14 nitrogen and oxygen atoms in total. The predicted molar refractivity (Wildman–Crippen MR) is 260 cm³/mol. The number of nitrogens with one attached hydrogen (secondary N) is 2. The van der Waals surface area contributed by atoms with Gasteiger partial charge >= 0.3 is 0 Å². The quantitative estimate of drug-likeness (QED) is 0.144. The number of rotatable bonds is 13. The number of methoxy groups -OCH3 is 1. The smallest absolute Gasteiger partial charge is 0.247 e. The van der Waals surface area contributed by atoms with E-state index in [1.165, 1.54) is 12.0 Å². The average Bonchev–Trinajstić information content (AvgIpc) is 4.06. The molecule has 0 radical (unpaired) electrons. The van der Waals surface area contributed by atoms with Gasteiger partial charge in [-0.2, -0.15) is 0 Å². The van der Waals surface area contributed by atoms with Crippen molar-refractivity contribution in [3.63, 3.8) is 0 Å². The SMILES string of the molecule is COC[C@@H]1NC(=O)[C@H](C)C(Cc2ccc(Cl)cc2Oc2ccc(-c3cnc(CN(C)C)n3C)cc2)C(=O)C[C@@H](C)C(=O)N(C)[C@@H](CC2CC2)CNC(=O)CC(Cc2ccc(Cl)cc2)N(C)C1=O. The van der Waals surface area contributed by atoms with E-state index in [0.717, 1.165) is 35.5 Å². The van der Waals surface area contributed by atoms with Crippen LogP contribution in [0.3, 0.4) is 0 Å². The van der Waals surface area contributed by atoms with Gasteiger partial charge in [-0.15, -0.1) is 0 Å². The first-order valence-corrected chi connectivity index (χ1v) is 23.8. The summed E-state index contributed by atoms with van der Waals surface area (Å²) in [5, 5.41) is 6.91. The van der Waals surface area contributed by atoms with E-state index in [1.807, 2.05) is 63.7 Å². The zero-order valence-electron chi connectivity index (χ0n) is 39.9. The maximum absolute atomic E-state index is 14.7. The number of aromatic nitrogens is 2. The molecule has 2 N–H and O–H groups in total. The lowest BCUT2D eigenvalue weighted by Crippen LogP contribution is -2.55. The van der Waals surface area contributed by atoms with E-state index in [4.69, 9.17) is 32.7 Å². The molecule has 2 aliphatic rings. The van der Waals surface area contributed by atoms with Crippen LogP contribution in [0.4, 0.5) is 0 Å². The van der Waals surface area contributed by atoms with Gasteiger partial charge in [0.25, 0.3) is 0 Å². The average molecular weight is 959 g/mol. The molecule has 4 aromatic rings. The fourth-order valence-corrected chi connectivity index (χ4v) is 9.05. The number of benzene rings is 3. The molecule has 360 valence electrons. The van der Waals surface area contributed by atoms with Crippen LogP contribution in [0.1, 0.15) is 62.9 Å². The zero-order valence-corrected chi connectivity index (χ0v) is 41.4. The highest BCUT2D eigenvalue weighted by atomic mass is 35.5. The van der Waals surface area contributed by atoms with Crippen molar-refractivity contribution < 1.29 is 33.4 Å². The van der Waals surface area contributed by atoms with E-state index >= 15 is 0 Å². The Bertz CT molecular complexity index is 2370. The molecule has 67 heavy (non-hydrogen) atoms. The van der Waals surface area contributed by atoms with Gasteiger partial charge in [0.2, 0.25) is 23.6 Å². The zero-order chi connectivity index (χ0) is 48.5. The molecule has 1 saturated carbocycles. The minimum atomic E-state index is -1.14. The number of nitrogens with zero attached hydrogens (tertiary/aromatic N) is 5. The summed E-state index contributed by atoms with van der Waals surface area (Å²) in [5.74, 6) is -2.15. The van der Waals surface area contributed by atoms with Crippen LogP contribution < -0.4 is 15.4 Å². The van der Waals surface area contributed by atoms with Crippen molar-refractivity contribution in [2.24, 2.45) is 30.7 Å². The Hall–Kier alpha value is -5.28. The Kier molecular flexibility index (Phi) is 17.7. The van der Waals surface area contributed by atoms with Crippen LogP contribution in [-0.2, 0) is 55.1 Å². The van der Waals surface area contributed by atoms with Gasteiger partial charge in [0.15, 0.2) is 0 Å². The van der Waals surface area contributed by atoms with Gasteiger partial charge in [-0.1, -0.05) is 68.1 Å². The monoisotopic (exact) mass is 957 g/mol. The molecule has 2 fully saturated rings. The Labute approximate surface area is 404 Å². The van der Waals surface area contributed by atoms with E-state index in [2.05, 4.69) is 25.1 Å². The third-order valence-corrected chi connectivity index (χ3v) is 13.6. The van der Waals surface area contributed by atoms with Crippen molar-refractivity contribution in [3.8, 4) is 22.8 Å². The summed E-state index contributed by atoms with van der Waals surface area (Å²) < 4.78 is 14.0. The number of carbonyl (C=O) groups is 5. The number of Topliss-reactive ketones (excluding diaryl/α,β-unsaturated/α-hetero) is 1. The van der Waals surface area contributed by atoms with Crippen molar-refractivity contribution in [1.82, 2.24) is 34.9 Å². The second-order valence-corrected chi connectivity index (χ2v) is 19.5. The second kappa shape index (κ2) is 23.1. The highest BCUT2D eigenvalue weighted by molar-refractivity contribution is 6.31. The molecule has 3 aromatic carbocycles. The van der Waals surface area contributed by atoms with Gasteiger partial charge in [-0.25, -0.2) is 4.98 Å². The van der Waals surface area contributed by atoms with Crippen molar-refractivity contribution in [2.75, 3.05) is 48.5 Å². The number of likely N-dealkylation sites (N-methyl/N-ethyl adjacent to an activating group) is 2. The van der Waals surface area contributed by atoms with Crippen LogP contribution in [0, 0.1) is 23.7 Å². The van der Waals surface area contributed by atoms with Crippen LogP contribution >= 0.6 is 23.2 Å². The third kappa shape index (κ3) is 13.7. The van der Waals surface area contributed by atoms with Crippen molar-refractivity contribution >= 4 is 52.6 Å². The number of hydrogen-bond acceptors (Lipinski definition) is 9. The molecule has 1 aromatic heterocycles. The molecule has 2 unspecified atom stereocenters. The van der Waals surface area contributed by atoms with Gasteiger partial charge < -0.3 is 39.4 Å². The lowest BCUT2D eigenvalue weighted by Gasteiger charge is -2.34. The van der Waals surface area contributed by atoms with E-state index in [9.17, 15) is 24.0 Å². The Morgan fingerprint density at radius 3 is 2.15 bits per heavy atom. The molecule has 1 saturated heterocycles. The normalized spacial score (nSPS) is 22.9. The van der Waals surface area contributed by atoms with Crippen LogP contribution in [0.25, 0.3) is 11.3 Å². The van der Waals surface area contributed by atoms with Crippen molar-refractivity contribution in [3.05, 3.63) is 99.9 Å². The van der Waals surface area contributed by atoms with Crippen LogP contribution in [0.2, 0.25) is 10.0 Å². The summed E-state index contributed by atoms with van der Waals surface area (Å²) in [6, 6.07) is 17.9. The molecule has 4 amide bonds. The highest BCUT2D eigenvalue weighted by Gasteiger charge is 2.38. The second-order valence-electron chi connectivity index (χ2n) is 18.6. The largest absolute Gasteiger partial charge is 0.457 e. The summed E-state index contributed by atoms with van der Waals surface area (Å²) in [6.07, 6.45) is 4.87. The summed E-state index contributed by atoms with van der Waals surface area (Å²) in [7, 11) is 10.7. The molecule has 2 heterocycles. The molecule has 0 spiro atoms. The number of ether oxygens (including phenoxy) is 2. The fourth-order valence-electron chi connectivity index (χ4n) is 8.76. The van der Waals surface area contributed by atoms with Crippen molar-refractivity contribution in [1.29, 1.82) is 0 Å².